The van der Waals surface area contributed by atoms with E-state index in [9.17, 15) is 24.8 Å². The first kappa shape index (κ1) is 27.4. The molecule has 0 saturated carbocycles. The Morgan fingerprint density at radius 2 is 2.12 bits per heavy atom. The van der Waals surface area contributed by atoms with E-state index in [0.717, 1.165) is 11.8 Å². The fourth-order valence-electron chi connectivity index (χ4n) is 4.64. The van der Waals surface area contributed by atoms with Crippen LogP contribution in [-0.2, 0) is 9.59 Å². The molecule has 1 amide bonds. The maximum absolute atomic E-state index is 13.2. The summed E-state index contributed by atoms with van der Waals surface area (Å²) in [6.45, 7) is 1.79. The van der Waals surface area contributed by atoms with Crippen molar-refractivity contribution >= 4 is 63.2 Å². The van der Waals surface area contributed by atoms with Crippen LogP contribution in [0.25, 0.3) is 0 Å². The van der Waals surface area contributed by atoms with E-state index in [1.54, 1.807) is 24.0 Å². The van der Waals surface area contributed by atoms with Crippen molar-refractivity contribution < 1.29 is 23.9 Å². The van der Waals surface area contributed by atoms with Gasteiger partial charge in [-0.2, -0.15) is 5.26 Å². The van der Waals surface area contributed by atoms with Crippen molar-refractivity contribution in [2.45, 2.75) is 36.4 Å². The zero-order chi connectivity index (χ0) is 28.6. The van der Waals surface area contributed by atoms with E-state index in [-0.39, 0.29) is 39.4 Å². The Labute approximate surface area is 241 Å². The van der Waals surface area contributed by atoms with Crippen molar-refractivity contribution in [3.05, 3.63) is 75.1 Å². The van der Waals surface area contributed by atoms with Gasteiger partial charge in [0.1, 0.15) is 17.3 Å². The third kappa shape index (κ3) is 5.21. The van der Waals surface area contributed by atoms with Gasteiger partial charge >= 0.3 is 5.97 Å². The summed E-state index contributed by atoms with van der Waals surface area (Å²) in [5.74, 6) is -1.09. The average Bonchev–Trinajstić information content (AvgIpc) is 3.57. The van der Waals surface area contributed by atoms with Crippen molar-refractivity contribution in [1.82, 2.24) is 10.2 Å². The summed E-state index contributed by atoms with van der Waals surface area (Å²) in [7, 11) is 0. The first-order valence-corrected chi connectivity index (χ1v) is 14.2. The minimum Gasteiger partial charge on any atom is -0.478 e. The van der Waals surface area contributed by atoms with E-state index in [1.807, 2.05) is 0 Å². The molecule has 2 aliphatic rings. The number of halogens is 1. The first-order valence-electron chi connectivity index (χ1n) is 12.0. The number of nitrogens with two attached hydrogens (primary N) is 1. The van der Waals surface area contributed by atoms with Gasteiger partial charge < -0.3 is 20.6 Å². The molecule has 1 aromatic carbocycles. The fraction of sp³-hybridized carbons (Fsp3) is 0.231. The summed E-state index contributed by atoms with van der Waals surface area (Å²) < 4.78 is 6.28. The predicted molar refractivity (Wildman–Crippen MR) is 149 cm³/mol. The summed E-state index contributed by atoms with van der Waals surface area (Å²) in [5, 5.41) is 30.8. The van der Waals surface area contributed by atoms with Crippen LogP contribution in [-0.4, -0.2) is 38.7 Å². The van der Waals surface area contributed by atoms with Crippen molar-refractivity contribution in [3.63, 3.8) is 0 Å². The molecule has 204 valence electrons. The average molecular weight is 597 g/mol. The molecular weight excluding hydrogens is 576 g/mol. The molecule has 11 nitrogen and oxygen atoms in total. The SMILES string of the molecule is Cc1ccc(C2C(C#N)=C(N)N(c3nnc(SCC(=O)Nc4ccc(Cl)c(C(=O)O)c4)s3)C3=C2C(=O)CCC3)o1. The van der Waals surface area contributed by atoms with Crippen LogP contribution in [0.4, 0.5) is 10.8 Å². The highest BCUT2D eigenvalue weighted by Gasteiger charge is 2.42. The first-order chi connectivity index (χ1) is 19.2. The molecule has 0 fully saturated rings. The number of hydrogen-bond acceptors (Lipinski definition) is 11. The summed E-state index contributed by atoms with van der Waals surface area (Å²) in [4.78, 5) is 38.6. The molecule has 1 unspecified atom stereocenters. The number of nitriles is 1. The molecule has 40 heavy (non-hydrogen) atoms. The lowest BCUT2D eigenvalue weighted by molar-refractivity contribution is -0.116. The lowest BCUT2D eigenvalue weighted by Crippen LogP contribution is -2.38. The van der Waals surface area contributed by atoms with Crippen LogP contribution < -0.4 is 16.0 Å². The number of carboxylic acid groups (broad SMARTS) is 1. The number of Topliss-reactive ketones (excluding diaryl/α,β-unsaturated/α-hetero) is 1. The number of rotatable bonds is 7. The number of aromatic nitrogens is 2. The van der Waals surface area contributed by atoms with E-state index < -0.39 is 11.9 Å². The molecule has 5 rings (SSSR count). The van der Waals surface area contributed by atoms with Gasteiger partial charge in [-0.25, -0.2) is 4.79 Å². The molecule has 3 aromatic rings. The number of amides is 1. The number of ketones is 1. The zero-order valence-electron chi connectivity index (χ0n) is 20.9. The number of benzene rings is 1. The maximum Gasteiger partial charge on any atom is 0.337 e. The number of aryl methyl sites for hydroxylation is 1. The Morgan fingerprint density at radius 1 is 1.32 bits per heavy atom. The monoisotopic (exact) mass is 596 g/mol. The lowest BCUT2D eigenvalue weighted by Gasteiger charge is -2.37. The molecule has 4 N–H and O–H groups in total. The molecular formula is C26H21ClN6O5S2. The van der Waals surface area contributed by atoms with Gasteiger partial charge in [-0.1, -0.05) is 34.7 Å². The Balaban J connectivity index is 1.37. The van der Waals surface area contributed by atoms with Gasteiger partial charge in [-0.15, -0.1) is 10.2 Å². The number of furan rings is 1. The number of aromatic carboxylic acids is 1. The van der Waals surface area contributed by atoms with Crippen LogP contribution in [0.5, 0.6) is 0 Å². The van der Waals surface area contributed by atoms with Crippen molar-refractivity contribution in [2.24, 2.45) is 5.73 Å². The molecule has 14 heteroatoms. The Bertz CT molecular complexity index is 1650. The highest BCUT2D eigenvalue weighted by atomic mass is 35.5. The second kappa shape index (κ2) is 11.2. The van der Waals surface area contributed by atoms with Gasteiger partial charge in [0, 0.05) is 23.4 Å². The fourth-order valence-corrected chi connectivity index (χ4v) is 6.52. The molecule has 1 aliphatic heterocycles. The van der Waals surface area contributed by atoms with Crippen molar-refractivity contribution in [3.8, 4) is 6.07 Å². The number of carboxylic acids is 1. The second-order valence-corrected chi connectivity index (χ2v) is 11.5. The van der Waals surface area contributed by atoms with Crippen LogP contribution in [0.3, 0.4) is 0 Å². The van der Waals surface area contributed by atoms with E-state index in [1.165, 1.54) is 29.5 Å². The van der Waals surface area contributed by atoms with Crippen LogP contribution >= 0.6 is 34.7 Å². The van der Waals surface area contributed by atoms with E-state index in [4.69, 9.17) is 21.8 Å². The quantitative estimate of drug-likeness (QED) is 0.318. The molecule has 3 heterocycles. The van der Waals surface area contributed by atoms with Gasteiger partial charge in [0.25, 0.3) is 0 Å². The van der Waals surface area contributed by atoms with Crippen LogP contribution in [0.1, 0.15) is 47.1 Å². The second-order valence-electron chi connectivity index (χ2n) is 8.95. The molecule has 0 radical (unpaired) electrons. The van der Waals surface area contributed by atoms with E-state index in [2.05, 4.69) is 21.6 Å². The molecule has 0 spiro atoms. The number of carbonyl (C=O) groups excluding carboxylic acids is 2. The molecule has 2 aromatic heterocycles. The van der Waals surface area contributed by atoms with Crippen LogP contribution in [0, 0.1) is 18.3 Å². The number of allylic oxidation sites excluding steroid dienone is 3. The topological polar surface area (TPSA) is 175 Å². The van der Waals surface area contributed by atoms with Crippen molar-refractivity contribution in [2.75, 3.05) is 16.0 Å². The molecule has 1 atom stereocenters. The normalized spacial score (nSPS) is 17.1. The van der Waals surface area contributed by atoms with Gasteiger partial charge in [-0.05, 0) is 50.1 Å². The third-order valence-electron chi connectivity index (χ3n) is 6.35. The maximum atomic E-state index is 13.2. The lowest BCUT2D eigenvalue weighted by atomic mass is 9.78. The van der Waals surface area contributed by atoms with Gasteiger partial charge in [-0.3, -0.25) is 14.5 Å². The zero-order valence-corrected chi connectivity index (χ0v) is 23.3. The summed E-state index contributed by atoms with van der Waals surface area (Å²) in [6.07, 6.45) is 1.54. The van der Waals surface area contributed by atoms with Gasteiger partial charge in [0.15, 0.2) is 10.1 Å². The van der Waals surface area contributed by atoms with E-state index >= 15 is 0 Å². The summed E-state index contributed by atoms with van der Waals surface area (Å²) in [6, 6.07) is 9.89. The number of anilines is 2. The Hall–Kier alpha value is -4.12. The molecule has 0 saturated heterocycles. The number of hydrogen-bond donors (Lipinski definition) is 3. The Kier molecular flexibility index (Phi) is 7.66. The number of carbonyl (C=O) groups is 3. The van der Waals surface area contributed by atoms with Gasteiger partial charge in [0.05, 0.1) is 33.9 Å². The molecule has 0 bridgehead atoms. The number of nitrogens with zero attached hydrogens (tertiary/aromatic N) is 4. The van der Waals surface area contributed by atoms with Crippen LogP contribution in [0.15, 0.2) is 61.8 Å². The standard InChI is InChI=1S/C26H21ClN6O5S2/c1-12-5-8-19(38-12)21-15(10-28)23(29)33(17-3-2-4-18(34)22(17)21)25-31-32-26(40-25)39-11-20(35)30-13-6-7-16(27)14(9-13)24(36)37/h5-9,21H,2-4,11,29H2,1H3,(H,30,35)(H,36,37). The van der Waals surface area contributed by atoms with Gasteiger partial charge in [0.2, 0.25) is 11.0 Å². The van der Waals surface area contributed by atoms with Crippen LogP contribution in [0.2, 0.25) is 5.02 Å². The number of thioether (sulfide) groups is 1. The summed E-state index contributed by atoms with van der Waals surface area (Å²) >= 11 is 8.18. The third-order valence-corrected chi connectivity index (χ3v) is 8.72. The number of nitrogens with one attached hydrogen (secondary N) is 1. The highest BCUT2D eigenvalue weighted by molar-refractivity contribution is 8.01. The largest absolute Gasteiger partial charge is 0.478 e. The minimum atomic E-state index is -1.20. The predicted octanol–water partition coefficient (Wildman–Crippen LogP) is 4.83. The summed E-state index contributed by atoms with van der Waals surface area (Å²) in [5.41, 5.74) is 8.02. The van der Waals surface area contributed by atoms with E-state index in [0.29, 0.717) is 57.2 Å². The molecule has 1 aliphatic carbocycles. The smallest absolute Gasteiger partial charge is 0.337 e. The highest BCUT2D eigenvalue weighted by Crippen LogP contribution is 2.47. The van der Waals surface area contributed by atoms with Crippen molar-refractivity contribution in [1.29, 1.82) is 5.26 Å². The Morgan fingerprint density at radius 3 is 2.83 bits per heavy atom. The minimum absolute atomic E-state index is 0.0270.